The zero-order valence-electron chi connectivity index (χ0n) is 11.5. The third-order valence-electron chi connectivity index (χ3n) is 2.74. The monoisotopic (exact) mass is 268 g/mol. The maximum Gasteiger partial charge on any atom is 0.222 e. The van der Waals surface area contributed by atoms with E-state index in [-0.39, 0.29) is 11.7 Å². The first-order valence-electron chi connectivity index (χ1n) is 6.40. The summed E-state index contributed by atoms with van der Waals surface area (Å²) in [7, 11) is 3.65. The fourth-order valence-corrected chi connectivity index (χ4v) is 1.54. The van der Waals surface area contributed by atoms with E-state index in [2.05, 4.69) is 5.32 Å². The molecule has 0 aliphatic carbocycles. The molecule has 1 aromatic rings. The molecule has 1 rings (SSSR count). The molecule has 0 radical (unpaired) electrons. The van der Waals surface area contributed by atoms with Crippen LogP contribution < -0.4 is 10.1 Å². The standard InChI is InChI=1S/C14H21FN2O2/c1-16-9-10-17(2)14(18)4-3-11-19-13-7-5-12(15)6-8-13/h5-8,16H,3-4,9-11H2,1-2H3. The minimum atomic E-state index is -0.284. The van der Waals surface area contributed by atoms with E-state index in [1.165, 1.54) is 12.1 Å². The fourth-order valence-electron chi connectivity index (χ4n) is 1.54. The van der Waals surface area contributed by atoms with E-state index in [0.29, 0.717) is 31.7 Å². The van der Waals surface area contributed by atoms with Crippen molar-refractivity contribution in [3.05, 3.63) is 30.1 Å². The van der Waals surface area contributed by atoms with Gasteiger partial charge < -0.3 is 15.0 Å². The summed E-state index contributed by atoms with van der Waals surface area (Å²) in [5.41, 5.74) is 0. The van der Waals surface area contributed by atoms with Gasteiger partial charge in [0, 0.05) is 26.6 Å². The molecule has 0 fully saturated rings. The molecule has 0 aliphatic rings. The molecule has 0 bridgehead atoms. The average Bonchev–Trinajstić information content (AvgIpc) is 2.42. The molecule has 4 nitrogen and oxygen atoms in total. The van der Waals surface area contributed by atoms with E-state index in [1.807, 2.05) is 7.05 Å². The second-order valence-electron chi connectivity index (χ2n) is 4.32. The molecule has 0 unspecified atom stereocenters. The van der Waals surface area contributed by atoms with Gasteiger partial charge >= 0.3 is 0 Å². The van der Waals surface area contributed by atoms with Gasteiger partial charge in [-0.1, -0.05) is 0 Å². The fraction of sp³-hybridized carbons (Fsp3) is 0.500. The van der Waals surface area contributed by atoms with Crippen LogP contribution in [0.15, 0.2) is 24.3 Å². The van der Waals surface area contributed by atoms with Crippen LogP contribution in [-0.2, 0) is 4.79 Å². The molecule has 0 saturated carbocycles. The summed E-state index contributed by atoms with van der Waals surface area (Å²) in [6, 6.07) is 5.87. The van der Waals surface area contributed by atoms with Gasteiger partial charge in [0.2, 0.25) is 5.91 Å². The van der Waals surface area contributed by atoms with Crippen LogP contribution in [0.1, 0.15) is 12.8 Å². The van der Waals surface area contributed by atoms with Gasteiger partial charge in [0.25, 0.3) is 0 Å². The van der Waals surface area contributed by atoms with Crippen LogP contribution in [-0.4, -0.2) is 44.6 Å². The van der Waals surface area contributed by atoms with Crippen molar-refractivity contribution >= 4 is 5.91 Å². The van der Waals surface area contributed by atoms with Gasteiger partial charge in [-0.15, -0.1) is 0 Å². The van der Waals surface area contributed by atoms with E-state index in [4.69, 9.17) is 4.74 Å². The summed E-state index contributed by atoms with van der Waals surface area (Å²) in [6.07, 6.45) is 1.11. The van der Waals surface area contributed by atoms with Crippen molar-refractivity contribution in [2.45, 2.75) is 12.8 Å². The number of nitrogens with one attached hydrogen (secondary N) is 1. The van der Waals surface area contributed by atoms with Crippen molar-refractivity contribution in [3.8, 4) is 5.75 Å². The molecular formula is C14H21FN2O2. The first-order valence-corrected chi connectivity index (χ1v) is 6.40. The van der Waals surface area contributed by atoms with Gasteiger partial charge in [-0.05, 0) is 37.7 Å². The van der Waals surface area contributed by atoms with Crippen molar-refractivity contribution in [1.29, 1.82) is 0 Å². The van der Waals surface area contributed by atoms with E-state index >= 15 is 0 Å². The van der Waals surface area contributed by atoms with E-state index in [1.54, 1.807) is 24.1 Å². The van der Waals surface area contributed by atoms with Crippen LogP contribution in [0.25, 0.3) is 0 Å². The normalized spacial score (nSPS) is 10.3. The third kappa shape index (κ3) is 6.20. The van der Waals surface area contributed by atoms with E-state index in [9.17, 15) is 9.18 Å². The number of ether oxygens (including phenoxy) is 1. The number of hydrogen-bond donors (Lipinski definition) is 1. The number of rotatable bonds is 8. The Kier molecular flexibility index (Phi) is 6.89. The second-order valence-corrected chi connectivity index (χ2v) is 4.32. The van der Waals surface area contributed by atoms with Gasteiger partial charge in [-0.25, -0.2) is 4.39 Å². The molecule has 5 heteroatoms. The predicted molar refractivity (Wildman–Crippen MR) is 72.7 cm³/mol. The predicted octanol–water partition coefficient (Wildman–Crippen LogP) is 1.66. The van der Waals surface area contributed by atoms with Crippen LogP contribution in [0.2, 0.25) is 0 Å². The SMILES string of the molecule is CNCCN(C)C(=O)CCCOc1ccc(F)cc1. The van der Waals surface area contributed by atoms with Crippen LogP contribution in [0, 0.1) is 5.82 Å². The Bertz CT molecular complexity index is 382. The quantitative estimate of drug-likeness (QED) is 0.729. The lowest BCUT2D eigenvalue weighted by Crippen LogP contribution is -2.32. The molecular weight excluding hydrogens is 247 g/mol. The zero-order chi connectivity index (χ0) is 14.1. The lowest BCUT2D eigenvalue weighted by molar-refractivity contribution is -0.130. The molecule has 1 N–H and O–H groups in total. The highest BCUT2D eigenvalue weighted by Gasteiger charge is 2.07. The molecule has 0 aliphatic heterocycles. The molecule has 1 aromatic carbocycles. The van der Waals surface area contributed by atoms with Crippen LogP contribution in [0.4, 0.5) is 4.39 Å². The smallest absolute Gasteiger partial charge is 0.222 e. The number of carbonyl (C=O) groups excluding carboxylic acids is 1. The highest BCUT2D eigenvalue weighted by Crippen LogP contribution is 2.11. The Morgan fingerprint density at radius 1 is 1.37 bits per heavy atom. The zero-order valence-corrected chi connectivity index (χ0v) is 11.5. The third-order valence-corrected chi connectivity index (χ3v) is 2.74. The molecule has 0 aromatic heterocycles. The number of carbonyl (C=O) groups is 1. The van der Waals surface area contributed by atoms with Gasteiger partial charge in [0.15, 0.2) is 0 Å². The highest BCUT2D eigenvalue weighted by atomic mass is 19.1. The molecule has 0 atom stereocenters. The van der Waals surface area contributed by atoms with Gasteiger partial charge in [-0.2, -0.15) is 0 Å². The Labute approximate surface area is 113 Å². The summed E-state index contributed by atoms with van der Waals surface area (Å²) in [5, 5.41) is 3.00. The summed E-state index contributed by atoms with van der Waals surface area (Å²) in [4.78, 5) is 13.4. The van der Waals surface area contributed by atoms with Crippen molar-refractivity contribution < 1.29 is 13.9 Å². The summed E-state index contributed by atoms with van der Waals surface area (Å²) >= 11 is 0. The van der Waals surface area contributed by atoms with Crippen LogP contribution in [0.5, 0.6) is 5.75 Å². The molecule has 0 spiro atoms. The Hall–Kier alpha value is -1.62. The minimum absolute atomic E-state index is 0.109. The first kappa shape index (κ1) is 15.4. The molecule has 0 heterocycles. The van der Waals surface area contributed by atoms with E-state index < -0.39 is 0 Å². The molecule has 106 valence electrons. The molecule has 19 heavy (non-hydrogen) atoms. The summed E-state index contributed by atoms with van der Waals surface area (Å²) in [5.74, 6) is 0.448. The van der Waals surface area contributed by atoms with Crippen LogP contribution >= 0.6 is 0 Å². The Morgan fingerprint density at radius 3 is 2.68 bits per heavy atom. The highest BCUT2D eigenvalue weighted by molar-refractivity contribution is 5.75. The minimum Gasteiger partial charge on any atom is -0.494 e. The average molecular weight is 268 g/mol. The number of hydrogen-bond acceptors (Lipinski definition) is 3. The first-order chi connectivity index (χ1) is 9.13. The largest absolute Gasteiger partial charge is 0.494 e. The number of benzene rings is 1. The van der Waals surface area contributed by atoms with Crippen molar-refractivity contribution in [2.75, 3.05) is 33.8 Å². The Morgan fingerprint density at radius 2 is 2.05 bits per heavy atom. The van der Waals surface area contributed by atoms with Gasteiger partial charge in [0.1, 0.15) is 11.6 Å². The summed E-state index contributed by atoms with van der Waals surface area (Å²) in [6.45, 7) is 1.94. The second kappa shape index (κ2) is 8.48. The maximum absolute atomic E-state index is 12.7. The summed E-state index contributed by atoms with van der Waals surface area (Å²) < 4.78 is 18.1. The lowest BCUT2D eigenvalue weighted by Gasteiger charge is -2.16. The maximum atomic E-state index is 12.7. The van der Waals surface area contributed by atoms with Gasteiger partial charge in [0.05, 0.1) is 6.61 Å². The Balaban J connectivity index is 2.16. The number of halogens is 1. The number of amides is 1. The van der Waals surface area contributed by atoms with Crippen LogP contribution in [0.3, 0.4) is 0 Å². The molecule has 1 amide bonds. The van der Waals surface area contributed by atoms with E-state index in [0.717, 1.165) is 6.54 Å². The molecule has 0 saturated heterocycles. The van der Waals surface area contributed by atoms with Gasteiger partial charge in [-0.3, -0.25) is 4.79 Å². The van der Waals surface area contributed by atoms with Crippen molar-refractivity contribution in [1.82, 2.24) is 10.2 Å². The number of nitrogens with zero attached hydrogens (tertiary/aromatic N) is 1. The lowest BCUT2D eigenvalue weighted by atomic mass is 10.3. The topological polar surface area (TPSA) is 41.6 Å². The number of likely N-dealkylation sites (N-methyl/N-ethyl adjacent to an activating group) is 2. The van der Waals surface area contributed by atoms with Crippen molar-refractivity contribution in [2.24, 2.45) is 0 Å². The van der Waals surface area contributed by atoms with Crippen molar-refractivity contribution in [3.63, 3.8) is 0 Å².